The summed E-state index contributed by atoms with van der Waals surface area (Å²) in [5.74, 6) is -1.01. The van der Waals surface area contributed by atoms with Crippen LogP contribution < -0.4 is 20.1 Å². The lowest BCUT2D eigenvalue weighted by atomic mass is 10.2. The van der Waals surface area contributed by atoms with Crippen LogP contribution in [0, 0.1) is 11.6 Å². The molecule has 0 bridgehead atoms. The molecule has 0 fully saturated rings. The monoisotopic (exact) mass is 354 g/mol. The molecular formula is C16H13ClF2N2O3. The summed E-state index contributed by atoms with van der Waals surface area (Å²) in [4.78, 5) is 11.9. The maximum atomic E-state index is 13.5. The number of rotatable bonds is 4. The predicted molar refractivity (Wildman–Crippen MR) is 85.9 cm³/mol. The molecular weight excluding hydrogens is 342 g/mol. The highest BCUT2D eigenvalue weighted by atomic mass is 35.5. The van der Waals surface area contributed by atoms with E-state index < -0.39 is 17.5 Å². The fourth-order valence-corrected chi connectivity index (χ4v) is 2.38. The Balaban J connectivity index is 1.64. The van der Waals surface area contributed by atoms with Gasteiger partial charge in [0.1, 0.15) is 24.8 Å². The van der Waals surface area contributed by atoms with Gasteiger partial charge >= 0.3 is 0 Å². The molecule has 0 aromatic heterocycles. The van der Waals surface area contributed by atoms with Gasteiger partial charge in [-0.25, -0.2) is 8.78 Å². The lowest BCUT2D eigenvalue weighted by Gasteiger charge is -2.20. The number of hydrogen-bond acceptors (Lipinski definition) is 4. The zero-order valence-electron chi connectivity index (χ0n) is 12.4. The number of nitrogens with one attached hydrogen (secondary N) is 2. The van der Waals surface area contributed by atoms with Gasteiger partial charge in [-0.3, -0.25) is 4.79 Å². The first-order chi connectivity index (χ1) is 11.5. The molecule has 2 aromatic carbocycles. The van der Waals surface area contributed by atoms with Crippen molar-refractivity contribution in [2.45, 2.75) is 0 Å². The SMILES string of the molecule is O=C(CNc1cc2c(cc1Cl)OCCO2)Nc1ccc(F)cc1F. The third-order valence-electron chi connectivity index (χ3n) is 3.28. The fourth-order valence-electron chi connectivity index (χ4n) is 2.16. The maximum absolute atomic E-state index is 13.5. The normalized spacial score (nSPS) is 12.6. The van der Waals surface area contributed by atoms with Gasteiger partial charge in [-0.1, -0.05) is 11.6 Å². The summed E-state index contributed by atoms with van der Waals surface area (Å²) in [6, 6.07) is 6.13. The summed E-state index contributed by atoms with van der Waals surface area (Å²) in [6.07, 6.45) is 0. The van der Waals surface area contributed by atoms with Crippen molar-refractivity contribution in [2.24, 2.45) is 0 Å². The lowest BCUT2D eigenvalue weighted by Crippen LogP contribution is -2.22. The van der Waals surface area contributed by atoms with E-state index in [1.54, 1.807) is 12.1 Å². The molecule has 8 heteroatoms. The standard InChI is InChI=1S/C16H13ClF2N2O3/c17-10-6-14-15(24-4-3-23-14)7-13(10)20-8-16(22)21-12-2-1-9(18)5-11(12)19/h1-2,5-7,20H,3-4,8H2,(H,21,22). The van der Waals surface area contributed by atoms with Crippen LogP contribution in [0.3, 0.4) is 0 Å². The molecule has 3 rings (SSSR count). The summed E-state index contributed by atoms with van der Waals surface area (Å²) >= 11 is 6.12. The van der Waals surface area contributed by atoms with Crippen molar-refractivity contribution in [3.63, 3.8) is 0 Å². The van der Waals surface area contributed by atoms with Crippen molar-refractivity contribution in [2.75, 3.05) is 30.4 Å². The van der Waals surface area contributed by atoms with Gasteiger partial charge < -0.3 is 20.1 Å². The Kier molecular flexibility index (Phi) is 4.71. The molecule has 0 saturated heterocycles. The van der Waals surface area contributed by atoms with Crippen LogP contribution in [0.1, 0.15) is 0 Å². The van der Waals surface area contributed by atoms with Gasteiger partial charge in [-0.15, -0.1) is 0 Å². The molecule has 0 atom stereocenters. The predicted octanol–water partition coefficient (Wildman–Crippen LogP) is 3.44. The summed E-state index contributed by atoms with van der Waals surface area (Å²) in [6.45, 7) is 0.719. The van der Waals surface area contributed by atoms with Gasteiger partial charge in [0.25, 0.3) is 0 Å². The second kappa shape index (κ2) is 6.92. The Hall–Kier alpha value is -2.54. The molecule has 2 N–H and O–H groups in total. The fraction of sp³-hybridized carbons (Fsp3) is 0.188. The zero-order valence-corrected chi connectivity index (χ0v) is 13.1. The highest BCUT2D eigenvalue weighted by Crippen LogP contribution is 2.37. The van der Waals surface area contributed by atoms with Crippen molar-refractivity contribution < 1.29 is 23.0 Å². The van der Waals surface area contributed by atoms with E-state index in [1.807, 2.05) is 0 Å². The molecule has 0 unspecified atom stereocenters. The number of benzene rings is 2. The quantitative estimate of drug-likeness (QED) is 0.883. The smallest absolute Gasteiger partial charge is 0.243 e. The van der Waals surface area contributed by atoms with Crippen LogP contribution in [0.25, 0.3) is 0 Å². The highest BCUT2D eigenvalue weighted by Gasteiger charge is 2.16. The number of amides is 1. The van der Waals surface area contributed by atoms with Crippen molar-refractivity contribution in [3.8, 4) is 11.5 Å². The van der Waals surface area contributed by atoms with Crippen molar-refractivity contribution in [1.82, 2.24) is 0 Å². The van der Waals surface area contributed by atoms with Gasteiger partial charge in [0.2, 0.25) is 5.91 Å². The maximum Gasteiger partial charge on any atom is 0.243 e. The third kappa shape index (κ3) is 3.68. The molecule has 1 heterocycles. The van der Waals surface area contributed by atoms with Crippen LogP contribution in [-0.2, 0) is 4.79 Å². The third-order valence-corrected chi connectivity index (χ3v) is 3.59. The van der Waals surface area contributed by atoms with E-state index in [2.05, 4.69) is 10.6 Å². The summed E-state index contributed by atoms with van der Waals surface area (Å²) in [5, 5.41) is 5.55. The number of carbonyl (C=O) groups is 1. The average Bonchev–Trinajstić information content (AvgIpc) is 2.55. The summed E-state index contributed by atoms with van der Waals surface area (Å²) < 4.78 is 37.2. The largest absolute Gasteiger partial charge is 0.486 e. The molecule has 0 saturated carbocycles. The molecule has 24 heavy (non-hydrogen) atoms. The van der Waals surface area contributed by atoms with Crippen LogP contribution >= 0.6 is 11.6 Å². The second-order valence-electron chi connectivity index (χ2n) is 5.00. The van der Waals surface area contributed by atoms with Crippen LogP contribution in [0.4, 0.5) is 20.2 Å². The number of ether oxygens (including phenoxy) is 2. The van der Waals surface area contributed by atoms with E-state index in [0.29, 0.717) is 41.5 Å². The highest BCUT2D eigenvalue weighted by molar-refractivity contribution is 6.33. The number of hydrogen-bond donors (Lipinski definition) is 2. The number of anilines is 2. The average molecular weight is 355 g/mol. The van der Waals surface area contributed by atoms with Crippen LogP contribution in [-0.4, -0.2) is 25.7 Å². The van der Waals surface area contributed by atoms with Crippen molar-refractivity contribution in [1.29, 1.82) is 0 Å². The summed E-state index contributed by atoms with van der Waals surface area (Å²) in [7, 11) is 0. The van der Waals surface area contributed by atoms with E-state index in [9.17, 15) is 13.6 Å². The molecule has 126 valence electrons. The zero-order chi connectivity index (χ0) is 17.1. The van der Waals surface area contributed by atoms with Crippen LogP contribution in [0.15, 0.2) is 30.3 Å². The van der Waals surface area contributed by atoms with E-state index in [-0.39, 0.29) is 12.2 Å². The van der Waals surface area contributed by atoms with Crippen molar-refractivity contribution in [3.05, 3.63) is 47.0 Å². The minimum Gasteiger partial charge on any atom is -0.486 e. The molecule has 0 radical (unpaired) electrons. The Bertz CT molecular complexity index is 786. The molecule has 1 aliphatic heterocycles. The van der Waals surface area contributed by atoms with Gasteiger partial charge in [0.15, 0.2) is 11.5 Å². The number of carbonyl (C=O) groups excluding carboxylic acids is 1. The first kappa shape index (κ1) is 16.3. The molecule has 1 amide bonds. The topological polar surface area (TPSA) is 59.6 Å². The first-order valence-corrected chi connectivity index (χ1v) is 7.48. The van der Waals surface area contributed by atoms with E-state index in [0.717, 1.165) is 12.1 Å². The first-order valence-electron chi connectivity index (χ1n) is 7.11. The van der Waals surface area contributed by atoms with Gasteiger partial charge in [-0.2, -0.15) is 0 Å². The van der Waals surface area contributed by atoms with Crippen LogP contribution in [0.2, 0.25) is 5.02 Å². The van der Waals surface area contributed by atoms with Gasteiger partial charge in [0.05, 0.1) is 22.9 Å². The van der Waals surface area contributed by atoms with Gasteiger partial charge in [-0.05, 0) is 12.1 Å². The Morgan fingerprint density at radius 1 is 1.08 bits per heavy atom. The summed E-state index contributed by atoms with van der Waals surface area (Å²) in [5.41, 5.74) is 0.382. The Morgan fingerprint density at radius 2 is 1.79 bits per heavy atom. The minimum atomic E-state index is -0.847. The van der Waals surface area contributed by atoms with Gasteiger partial charge in [0, 0.05) is 18.2 Å². The number of halogens is 3. The Morgan fingerprint density at radius 3 is 2.50 bits per heavy atom. The molecule has 0 spiro atoms. The molecule has 1 aliphatic rings. The molecule has 0 aliphatic carbocycles. The molecule has 5 nitrogen and oxygen atoms in total. The minimum absolute atomic E-state index is 0.100. The van der Waals surface area contributed by atoms with E-state index >= 15 is 0 Å². The molecule has 2 aromatic rings. The van der Waals surface area contributed by atoms with Crippen molar-refractivity contribution >= 4 is 28.9 Å². The lowest BCUT2D eigenvalue weighted by molar-refractivity contribution is -0.114. The van der Waals surface area contributed by atoms with E-state index in [1.165, 1.54) is 0 Å². The van der Waals surface area contributed by atoms with E-state index in [4.69, 9.17) is 21.1 Å². The number of fused-ring (bicyclic) bond motifs is 1. The second-order valence-corrected chi connectivity index (χ2v) is 5.41. The Labute approximate surface area is 141 Å². The van der Waals surface area contributed by atoms with Crippen LogP contribution in [0.5, 0.6) is 11.5 Å².